The van der Waals surface area contributed by atoms with Gasteiger partial charge in [0.2, 0.25) is 0 Å². The molecule has 12 heavy (non-hydrogen) atoms. The second kappa shape index (κ2) is 8.25. The molecule has 0 aromatic carbocycles. The molecule has 0 saturated carbocycles. The van der Waals surface area contributed by atoms with Gasteiger partial charge in [-0.05, 0) is 26.2 Å². The van der Waals surface area contributed by atoms with Gasteiger partial charge < -0.3 is 4.79 Å². The summed E-state index contributed by atoms with van der Waals surface area (Å²) in [5, 5.41) is 0. The second-order valence-electron chi connectivity index (χ2n) is 2.86. The molecule has 0 saturated heterocycles. The first-order valence-corrected chi connectivity index (χ1v) is 4.58. The van der Waals surface area contributed by atoms with Crippen LogP contribution in [0.15, 0.2) is 24.3 Å². The maximum atomic E-state index is 10.5. The Balaban J connectivity index is 3.24. The van der Waals surface area contributed by atoms with E-state index in [1.807, 2.05) is 12.2 Å². The van der Waals surface area contributed by atoms with Crippen LogP contribution >= 0.6 is 0 Å². The van der Waals surface area contributed by atoms with Gasteiger partial charge in [0.1, 0.15) is 5.78 Å². The normalized spacial score (nSPS) is 11.5. The van der Waals surface area contributed by atoms with Crippen LogP contribution in [-0.2, 0) is 4.79 Å². The van der Waals surface area contributed by atoms with Crippen LogP contribution in [0.3, 0.4) is 0 Å². The maximum absolute atomic E-state index is 10.5. The largest absolute Gasteiger partial charge is 0.300 e. The van der Waals surface area contributed by atoms with Crippen LogP contribution in [-0.4, -0.2) is 5.78 Å². The van der Waals surface area contributed by atoms with Gasteiger partial charge in [0.15, 0.2) is 0 Å². The average Bonchev–Trinajstić information content (AvgIpc) is 2.02. The lowest BCUT2D eigenvalue weighted by Crippen LogP contribution is -1.87. The van der Waals surface area contributed by atoms with Crippen molar-refractivity contribution >= 4 is 5.78 Å². The fraction of sp³-hybridized carbons (Fsp3) is 0.545. The molecular formula is C11H18O. The highest BCUT2D eigenvalue weighted by Crippen LogP contribution is 1.97. The monoisotopic (exact) mass is 166 g/mol. The van der Waals surface area contributed by atoms with Gasteiger partial charge in [0.25, 0.3) is 0 Å². The number of rotatable bonds is 6. The van der Waals surface area contributed by atoms with Crippen LogP contribution in [0.5, 0.6) is 0 Å². The summed E-state index contributed by atoms with van der Waals surface area (Å²) >= 11 is 0. The van der Waals surface area contributed by atoms with E-state index in [0.29, 0.717) is 6.42 Å². The lowest BCUT2D eigenvalue weighted by Gasteiger charge is -1.89. The maximum Gasteiger partial charge on any atom is 0.129 e. The highest BCUT2D eigenvalue weighted by molar-refractivity contribution is 5.75. The van der Waals surface area contributed by atoms with Crippen molar-refractivity contribution in [3.63, 3.8) is 0 Å². The van der Waals surface area contributed by atoms with E-state index in [2.05, 4.69) is 19.1 Å². The summed E-state index contributed by atoms with van der Waals surface area (Å²) in [5.41, 5.74) is 0. The van der Waals surface area contributed by atoms with E-state index >= 15 is 0 Å². The van der Waals surface area contributed by atoms with Gasteiger partial charge in [-0.25, -0.2) is 0 Å². The molecule has 0 bridgehead atoms. The third-order valence-electron chi connectivity index (χ3n) is 1.52. The number of carbonyl (C=O) groups is 1. The Morgan fingerprint density at radius 1 is 1.25 bits per heavy atom. The summed E-state index contributed by atoms with van der Waals surface area (Å²) in [6, 6.07) is 0. The van der Waals surface area contributed by atoms with E-state index in [0.717, 1.165) is 19.3 Å². The number of Topliss-reactive ketones (excluding diaryl/α,β-unsaturated/α-hetero) is 1. The number of hydrogen-bond donors (Lipinski definition) is 0. The first kappa shape index (κ1) is 11.2. The van der Waals surface area contributed by atoms with Crippen molar-refractivity contribution in [1.82, 2.24) is 0 Å². The Labute approximate surface area is 75.2 Å². The molecule has 1 heteroatoms. The van der Waals surface area contributed by atoms with Gasteiger partial charge in [-0.3, -0.25) is 0 Å². The quantitative estimate of drug-likeness (QED) is 0.437. The molecule has 0 N–H and O–H groups in total. The summed E-state index contributed by atoms with van der Waals surface area (Å²) in [5.74, 6) is 0.285. The Kier molecular flexibility index (Phi) is 7.66. The molecule has 0 unspecified atom stereocenters. The Bertz CT molecular complexity index is 166. The third-order valence-corrected chi connectivity index (χ3v) is 1.52. The Morgan fingerprint density at radius 2 is 1.92 bits per heavy atom. The third kappa shape index (κ3) is 9.15. The average molecular weight is 166 g/mol. The van der Waals surface area contributed by atoms with Crippen LogP contribution in [0.1, 0.15) is 39.5 Å². The highest BCUT2D eigenvalue weighted by atomic mass is 16.1. The fourth-order valence-corrected chi connectivity index (χ4v) is 0.858. The van der Waals surface area contributed by atoms with Crippen molar-refractivity contribution in [2.75, 3.05) is 0 Å². The standard InChI is InChI=1S/C11H18O/c1-3-4-5-6-7-8-9-10-11(2)12/h4-7H,3,8-10H2,1-2H3/b5-4+,7-6+. The number of carbonyl (C=O) groups excluding carboxylic acids is 1. The number of allylic oxidation sites excluding steroid dienone is 4. The predicted octanol–water partition coefficient (Wildman–Crippen LogP) is 3.27. The van der Waals surface area contributed by atoms with E-state index in [-0.39, 0.29) is 5.78 Å². The molecule has 0 radical (unpaired) electrons. The molecule has 0 spiro atoms. The van der Waals surface area contributed by atoms with Crippen LogP contribution in [0.25, 0.3) is 0 Å². The van der Waals surface area contributed by atoms with E-state index in [9.17, 15) is 4.79 Å². The van der Waals surface area contributed by atoms with Gasteiger partial charge >= 0.3 is 0 Å². The van der Waals surface area contributed by atoms with Gasteiger partial charge in [0, 0.05) is 6.42 Å². The van der Waals surface area contributed by atoms with E-state index in [4.69, 9.17) is 0 Å². The van der Waals surface area contributed by atoms with E-state index < -0.39 is 0 Å². The van der Waals surface area contributed by atoms with Crippen molar-refractivity contribution in [3.8, 4) is 0 Å². The van der Waals surface area contributed by atoms with E-state index in [1.165, 1.54) is 0 Å². The minimum atomic E-state index is 0.285. The fourth-order valence-electron chi connectivity index (χ4n) is 0.858. The number of unbranched alkanes of at least 4 members (excludes halogenated alkanes) is 1. The molecular weight excluding hydrogens is 148 g/mol. The topological polar surface area (TPSA) is 17.1 Å². The van der Waals surface area contributed by atoms with Gasteiger partial charge in [-0.1, -0.05) is 31.2 Å². The summed E-state index contributed by atoms with van der Waals surface area (Å²) < 4.78 is 0. The molecule has 0 aliphatic rings. The van der Waals surface area contributed by atoms with E-state index in [1.54, 1.807) is 6.92 Å². The number of hydrogen-bond acceptors (Lipinski definition) is 1. The summed E-state index contributed by atoms with van der Waals surface area (Å²) in [4.78, 5) is 10.5. The molecule has 0 fully saturated rings. The SMILES string of the molecule is CC/C=C/C=C/CCCC(C)=O. The second-order valence-corrected chi connectivity index (χ2v) is 2.86. The molecule has 68 valence electrons. The zero-order chi connectivity index (χ0) is 9.23. The van der Waals surface area contributed by atoms with Crippen molar-refractivity contribution in [2.24, 2.45) is 0 Å². The molecule has 0 heterocycles. The van der Waals surface area contributed by atoms with Crippen LogP contribution in [0, 0.1) is 0 Å². The molecule has 0 aliphatic heterocycles. The molecule has 0 rings (SSSR count). The van der Waals surface area contributed by atoms with Crippen LogP contribution < -0.4 is 0 Å². The lowest BCUT2D eigenvalue weighted by atomic mass is 10.2. The summed E-state index contributed by atoms with van der Waals surface area (Å²) in [7, 11) is 0. The molecule has 0 aliphatic carbocycles. The Hall–Kier alpha value is -0.850. The van der Waals surface area contributed by atoms with Crippen molar-refractivity contribution < 1.29 is 4.79 Å². The molecule has 0 aromatic heterocycles. The van der Waals surface area contributed by atoms with Gasteiger partial charge in [-0.2, -0.15) is 0 Å². The van der Waals surface area contributed by atoms with Crippen LogP contribution in [0.4, 0.5) is 0 Å². The first-order chi connectivity index (χ1) is 5.77. The molecule has 0 amide bonds. The zero-order valence-corrected chi connectivity index (χ0v) is 8.05. The van der Waals surface area contributed by atoms with Gasteiger partial charge in [0.05, 0.1) is 0 Å². The Morgan fingerprint density at radius 3 is 2.50 bits per heavy atom. The zero-order valence-electron chi connectivity index (χ0n) is 8.05. The summed E-state index contributed by atoms with van der Waals surface area (Å²) in [6.07, 6.45) is 12.1. The minimum absolute atomic E-state index is 0.285. The van der Waals surface area contributed by atoms with Crippen LogP contribution in [0.2, 0.25) is 0 Å². The molecule has 1 nitrogen and oxygen atoms in total. The predicted molar refractivity (Wildman–Crippen MR) is 53.1 cm³/mol. The highest BCUT2D eigenvalue weighted by Gasteiger charge is 1.89. The smallest absolute Gasteiger partial charge is 0.129 e. The summed E-state index contributed by atoms with van der Waals surface area (Å²) in [6.45, 7) is 3.75. The van der Waals surface area contributed by atoms with Gasteiger partial charge in [-0.15, -0.1) is 0 Å². The minimum Gasteiger partial charge on any atom is -0.300 e. The lowest BCUT2D eigenvalue weighted by molar-refractivity contribution is -0.117. The van der Waals surface area contributed by atoms with Crippen molar-refractivity contribution in [2.45, 2.75) is 39.5 Å². The van der Waals surface area contributed by atoms with Crippen molar-refractivity contribution in [1.29, 1.82) is 0 Å². The molecule has 0 atom stereocenters. The van der Waals surface area contributed by atoms with Crippen molar-refractivity contribution in [3.05, 3.63) is 24.3 Å². The first-order valence-electron chi connectivity index (χ1n) is 4.58. The molecule has 0 aromatic rings. The number of ketones is 1.